The van der Waals surface area contributed by atoms with Gasteiger partial charge in [0.05, 0.1) is 24.8 Å². The van der Waals surface area contributed by atoms with Crippen molar-refractivity contribution in [3.05, 3.63) is 42.1 Å². The normalized spacial score (nSPS) is 20.2. The van der Waals surface area contributed by atoms with Gasteiger partial charge in [0.1, 0.15) is 5.69 Å². The highest BCUT2D eigenvalue weighted by Crippen LogP contribution is 2.20. The number of likely N-dealkylation sites (tertiary alicyclic amines) is 1. The van der Waals surface area contributed by atoms with Crippen molar-refractivity contribution in [3.63, 3.8) is 0 Å². The van der Waals surface area contributed by atoms with Crippen LogP contribution < -0.4 is 0 Å². The second kappa shape index (κ2) is 8.88. The SMILES string of the molecule is CC(=O)N(CCN1CCOCC1)C1CCN(C(=O)c2ccc3ccccc3n2)C1. The summed E-state index contributed by atoms with van der Waals surface area (Å²) in [4.78, 5) is 35.8. The molecule has 0 radical (unpaired) electrons. The van der Waals surface area contributed by atoms with Gasteiger partial charge in [-0.05, 0) is 18.6 Å². The monoisotopic (exact) mass is 396 g/mol. The minimum atomic E-state index is -0.0602. The van der Waals surface area contributed by atoms with Crippen LogP contribution in [0.15, 0.2) is 36.4 Å². The highest BCUT2D eigenvalue weighted by molar-refractivity contribution is 5.95. The van der Waals surface area contributed by atoms with Gasteiger partial charge in [0, 0.05) is 51.6 Å². The van der Waals surface area contributed by atoms with Gasteiger partial charge >= 0.3 is 0 Å². The molecule has 1 unspecified atom stereocenters. The first-order valence-corrected chi connectivity index (χ1v) is 10.3. The van der Waals surface area contributed by atoms with Crippen LogP contribution in [0, 0.1) is 0 Å². The number of aromatic nitrogens is 1. The van der Waals surface area contributed by atoms with Crippen LogP contribution >= 0.6 is 0 Å². The lowest BCUT2D eigenvalue weighted by Crippen LogP contribution is -2.47. The van der Waals surface area contributed by atoms with Crippen molar-refractivity contribution < 1.29 is 14.3 Å². The number of fused-ring (bicyclic) bond motifs is 1. The Balaban J connectivity index is 1.39. The van der Waals surface area contributed by atoms with Gasteiger partial charge < -0.3 is 14.5 Å². The van der Waals surface area contributed by atoms with Gasteiger partial charge in [0.25, 0.3) is 5.91 Å². The summed E-state index contributed by atoms with van der Waals surface area (Å²) in [5.41, 5.74) is 1.29. The minimum Gasteiger partial charge on any atom is -0.379 e. The number of carbonyl (C=O) groups is 2. The summed E-state index contributed by atoms with van der Waals surface area (Å²) in [5, 5.41) is 1.02. The molecule has 0 bridgehead atoms. The summed E-state index contributed by atoms with van der Waals surface area (Å²) in [6, 6.07) is 11.6. The van der Waals surface area contributed by atoms with Crippen molar-refractivity contribution >= 4 is 22.7 Å². The average Bonchev–Trinajstić information content (AvgIpc) is 3.23. The van der Waals surface area contributed by atoms with Crippen LogP contribution in [0.3, 0.4) is 0 Å². The van der Waals surface area contributed by atoms with Crippen LogP contribution in [0.25, 0.3) is 10.9 Å². The molecule has 4 rings (SSSR count). The predicted molar refractivity (Wildman–Crippen MR) is 111 cm³/mol. The molecule has 2 fully saturated rings. The molecule has 7 heteroatoms. The summed E-state index contributed by atoms with van der Waals surface area (Å²) in [7, 11) is 0. The van der Waals surface area contributed by atoms with Crippen LogP contribution in [-0.2, 0) is 9.53 Å². The number of benzene rings is 1. The Kier molecular flexibility index (Phi) is 6.06. The molecular weight excluding hydrogens is 368 g/mol. The molecule has 1 aromatic heterocycles. The molecule has 2 aliphatic rings. The van der Waals surface area contributed by atoms with Crippen molar-refractivity contribution in [2.24, 2.45) is 0 Å². The fourth-order valence-corrected chi connectivity index (χ4v) is 4.20. The zero-order valence-electron chi connectivity index (χ0n) is 16.9. The molecule has 2 aliphatic heterocycles. The number of morpholine rings is 1. The van der Waals surface area contributed by atoms with Crippen molar-refractivity contribution in [1.29, 1.82) is 0 Å². The quantitative estimate of drug-likeness (QED) is 0.769. The Morgan fingerprint density at radius 1 is 1.14 bits per heavy atom. The third-order valence-corrected chi connectivity index (χ3v) is 5.87. The Morgan fingerprint density at radius 3 is 2.72 bits per heavy atom. The van der Waals surface area contributed by atoms with Crippen LogP contribution in [0.2, 0.25) is 0 Å². The van der Waals surface area contributed by atoms with E-state index < -0.39 is 0 Å². The van der Waals surface area contributed by atoms with Gasteiger partial charge in [-0.25, -0.2) is 4.98 Å². The molecule has 0 spiro atoms. The molecule has 29 heavy (non-hydrogen) atoms. The second-order valence-corrected chi connectivity index (χ2v) is 7.75. The molecule has 2 amide bonds. The van der Waals surface area contributed by atoms with E-state index in [1.54, 1.807) is 13.0 Å². The van der Waals surface area contributed by atoms with Crippen LogP contribution in [-0.4, -0.2) is 90.0 Å². The first-order chi connectivity index (χ1) is 14.1. The number of amides is 2. The van der Waals surface area contributed by atoms with E-state index >= 15 is 0 Å². The minimum absolute atomic E-state index is 0.0602. The number of para-hydroxylation sites is 1. The molecule has 0 N–H and O–H groups in total. The second-order valence-electron chi connectivity index (χ2n) is 7.75. The Labute approximate surface area is 171 Å². The first kappa shape index (κ1) is 19.8. The summed E-state index contributed by atoms with van der Waals surface area (Å²) < 4.78 is 5.39. The molecule has 0 aliphatic carbocycles. The summed E-state index contributed by atoms with van der Waals surface area (Å²) in [6.45, 7) is 7.71. The van der Waals surface area contributed by atoms with E-state index in [1.165, 1.54) is 0 Å². The van der Waals surface area contributed by atoms with Crippen molar-refractivity contribution in [2.45, 2.75) is 19.4 Å². The number of hydrogen-bond acceptors (Lipinski definition) is 5. The van der Waals surface area contributed by atoms with Gasteiger partial charge in [-0.1, -0.05) is 24.3 Å². The van der Waals surface area contributed by atoms with E-state index in [1.807, 2.05) is 40.1 Å². The maximum Gasteiger partial charge on any atom is 0.272 e. The van der Waals surface area contributed by atoms with Gasteiger partial charge in [0.15, 0.2) is 0 Å². The zero-order valence-corrected chi connectivity index (χ0v) is 16.9. The zero-order chi connectivity index (χ0) is 20.2. The van der Waals surface area contributed by atoms with Gasteiger partial charge in [-0.3, -0.25) is 14.5 Å². The van der Waals surface area contributed by atoms with E-state index in [9.17, 15) is 9.59 Å². The molecule has 154 valence electrons. The number of carbonyl (C=O) groups excluding carboxylic acids is 2. The van der Waals surface area contributed by atoms with E-state index in [2.05, 4.69) is 9.88 Å². The maximum absolute atomic E-state index is 13.0. The standard InChI is InChI=1S/C22H28N4O3/c1-17(27)26(11-10-24-12-14-29-15-13-24)19-8-9-25(16-19)22(28)21-7-6-18-4-2-3-5-20(18)23-21/h2-7,19H,8-16H2,1H3. The lowest BCUT2D eigenvalue weighted by atomic mass is 10.2. The molecular formula is C22H28N4O3. The number of nitrogens with zero attached hydrogens (tertiary/aromatic N) is 4. The highest BCUT2D eigenvalue weighted by Gasteiger charge is 2.32. The van der Waals surface area contributed by atoms with E-state index in [4.69, 9.17) is 4.74 Å². The molecule has 3 heterocycles. The third-order valence-electron chi connectivity index (χ3n) is 5.87. The van der Waals surface area contributed by atoms with E-state index in [0.29, 0.717) is 25.3 Å². The van der Waals surface area contributed by atoms with Gasteiger partial charge in [-0.2, -0.15) is 0 Å². The number of hydrogen-bond donors (Lipinski definition) is 0. The van der Waals surface area contributed by atoms with Crippen LogP contribution in [0.5, 0.6) is 0 Å². The lowest BCUT2D eigenvalue weighted by Gasteiger charge is -2.32. The lowest BCUT2D eigenvalue weighted by molar-refractivity contribution is -0.131. The fourth-order valence-electron chi connectivity index (χ4n) is 4.20. The highest BCUT2D eigenvalue weighted by atomic mass is 16.5. The first-order valence-electron chi connectivity index (χ1n) is 10.3. The topological polar surface area (TPSA) is 66.0 Å². The number of ether oxygens (including phenoxy) is 1. The Bertz CT molecular complexity index is 881. The smallest absolute Gasteiger partial charge is 0.272 e. The largest absolute Gasteiger partial charge is 0.379 e. The molecule has 1 atom stereocenters. The van der Waals surface area contributed by atoms with E-state index in [-0.39, 0.29) is 17.9 Å². The molecule has 7 nitrogen and oxygen atoms in total. The molecule has 1 aromatic carbocycles. The van der Waals surface area contributed by atoms with Crippen molar-refractivity contribution in [1.82, 2.24) is 19.7 Å². The third kappa shape index (κ3) is 4.57. The Morgan fingerprint density at radius 2 is 1.93 bits per heavy atom. The molecule has 2 aromatic rings. The van der Waals surface area contributed by atoms with Gasteiger partial charge in [0.2, 0.25) is 5.91 Å². The van der Waals surface area contributed by atoms with Crippen LogP contribution in [0.4, 0.5) is 0 Å². The maximum atomic E-state index is 13.0. The number of rotatable bonds is 5. The van der Waals surface area contributed by atoms with Gasteiger partial charge in [-0.15, -0.1) is 0 Å². The van der Waals surface area contributed by atoms with Crippen molar-refractivity contribution in [2.75, 3.05) is 52.5 Å². The van der Waals surface area contributed by atoms with Crippen molar-refractivity contribution in [3.8, 4) is 0 Å². The summed E-state index contributed by atoms with van der Waals surface area (Å²) in [6.07, 6.45) is 0.808. The summed E-state index contributed by atoms with van der Waals surface area (Å²) >= 11 is 0. The Hall–Kier alpha value is -2.51. The molecule has 2 saturated heterocycles. The average molecular weight is 396 g/mol. The summed E-state index contributed by atoms with van der Waals surface area (Å²) in [5.74, 6) is 0.0105. The van der Waals surface area contributed by atoms with Crippen LogP contribution in [0.1, 0.15) is 23.8 Å². The number of pyridine rings is 1. The fraction of sp³-hybridized carbons (Fsp3) is 0.500. The van der Waals surface area contributed by atoms with E-state index in [0.717, 1.165) is 50.2 Å². The molecule has 0 saturated carbocycles. The predicted octanol–water partition coefficient (Wildman–Crippen LogP) is 1.63.